The standard InChI is InChI=1S/C62H92N12O14S/c1-9-10-21-43(66-53(80)38-24-25-38)56(83)69-45(29-36(2)3)58(85)70-46(30-37-18-12-11-13-19-37)59(86)71-47(31-39-32-64-41-22-15-14-20-40(39)41)60(87)68-44(26-27-50(76)77)57(84)67-42(54(81)65-33-51(78)79)23-16-17-28-63-55(82)48(35-89)72-61(88)52(62(4,5)6)73-49(75)34-74(7)8/h11-15,18-20,22,32,36,38,42-48,52,64,89H,9-10,16-17,21,23-31,33-35H2,1-8H3,(H,63,82)(H,65,81)(H,66,80)(H,67,84)(H,68,87)(H,69,83)(H,70,85)(H,71,86)(H,72,88)(H,73,75)(H,76,77)(H,78,79)/t42-,43-,44-,45-,46-,47-,48?,52?/m0/s1. The Bertz CT molecular complexity index is 2910. The molecule has 1 fully saturated rings. The number of unbranched alkanes of at least 4 members (excludes halogenated alkanes) is 2. The number of amides is 10. The second-order valence-electron chi connectivity index (χ2n) is 24.3. The highest BCUT2D eigenvalue weighted by atomic mass is 32.1. The number of hydrogen-bond acceptors (Lipinski definition) is 14. The summed E-state index contributed by atoms with van der Waals surface area (Å²) in [6.45, 7) is 10.1. The molecule has 2 unspecified atom stereocenters. The number of nitrogens with zero attached hydrogens (tertiary/aromatic N) is 1. The number of fused-ring (bicyclic) bond motifs is 1. The van der Waals surface area contributed by atoms with Gasteiger partial charge in [0.05, 0.1) is 6.54 Å². The number of aromatic nitrogens is 1. The van der Waals surface area contributed by atoms with Crippen molar-refractivity contribution in [2.24, 2.45) is 17.3 Å². The number of carbonyl (C=O) groups excluding carboxylic acids is 10. The summed E-state index contributed by atoms with van der Waals surface area (Å²) in [4.78, 5) is 167. The molecule has 8 atom stereocenters. The summed E-state index contributed by atoms with van der Waals surface area (Å²) >= 11 is 4.26. The first-order valence-electron chi connectivity index (χ1n) is 30.4. The molecule has 13 N–H and O–H groups in total. The van der Waals surface area contributed by atoms with Crippen LogP contribution < -0.4 is 53.2 Å². The summed E-state index contributed by atoms with van der Waals surface area (Å²) in [6, 6.07) is 5.65. The number of aliphatic carboxylic acids is 2. The first kappa shape index (κ1) is 73.4. The minimum atomic E-state index is -1.67. The topological polar surface area (TPSA) is 385 Å². The zero-order chi connectivity index (χ0) is 66.0. The number of thiol groups is 1. The normalized spacial score (nSPS) is 14.9. The Labute approximate surface area is 525 Å². The SMILES string of the molecule is CCCC[C@H](NC(=O)C1CC1)C(=O)N[C@@H](CC(C)C)C(=O)N[C@@H](Cc1ccccc1)C(=O)N[C@@H](Cc1c[nH]c2ccccc12)C(=O)N[C@@H](CCC(=O)O)C(=O)N[C@@H](CCCCNC(=O)C(CS)NC(=O)C(NC(=O)CN(C)C)C(C)(C)C)C(=O)NCC(=O)O. The van der Waals surface area contributed by atoms with E-state index in [9.17, 15) is 67.7 Å². The van der Waals surface area contributed by atoms with E-state index in [4.69, 9.17) is 0 Å². The number of H-pyrrole nitrogens is 1. The Kier molecular flexibility index (Phi) is 30.0. The summed E-state index contributed by atoms with van der Waals surface area (Å²) in [5, 5.41) is 46.6. The van der Waals surface area contributed by atoms with Crippen molar-refractivity contribution >= 4 is 94.5 Å². The molecular formula is C62H92N12O14S. The van der Waals surface area contributed by atoms with Gasteiger partial charge in [-0.25, -0.2) is 0 Å². The van der Waals surface area contributed by atoms with E-state index >= 15 is 0 Å². The van der Waals surface area contributed by atoms with Gasteiger partial charge in [-0.1, -0.05) is 103 Å². The minimum Gasteiger partial charge on any atom is -0.481 e. The van der Waals surface area contributed by atoms with E-state index in [0.717, 1.165) is 19.3 Å². The van der Waals surface area contributed by atoms with Crippen molar-refractivity contribution in [1.82, 2.24) is 63.1 Å². The number of carbonyl (C=O) groups is 12. The third-order valence-corrected chi connectivity index (χ3v) is 15.0. The molecule has 0 saturated heterocycles. The van der Waals surface area contributed by atoms with Crippen LogP contribution in [0.25, 0.3) is 10.9 Å². The molecule has 4 rings (SSSR count). The number of para-hydroxylation sites is 1. The molecule has 3 aromatic rings. The fourth-order valence-electron chi connectivity index (χ4n) is 9.68. The summed E-state index contributed by atoms with van der Waals surface area (Å²) < 4.78 is 0. The molecule has 0 spiro atoms. The predicted octanol–water partition coefficient (Wildman–Crippen LogP) is 1.37. The molecule has 1 saturated carbocycles. The van der Waals surface area contributed by atoms with Crippen LogP contribution in [0.3, 0.4) is 0 Å². The molecule has 26 nitrogen and oxygen atoms in total. The molecule has 2 aromatic carbocycles. The summed E-state index contributed by atoms with van der Waals surface area (Å²) in [5.41, 5.74) is 1.12. The summed E-state index contributed by atoms with van der Waals surface area (Å²) in [6.07, 6.45) is 3.65. The Morgan fingerprint density at radius 3 is 1.70 bits per heavy atom. The van der Waals surface area contributed by atoms with E-state index in [2.05, 4.69) is 70.8 Å². The van der Waals surface area contributed by atoms with Gasteiger partial charge < -0.3 is 73.3 Å². The van der Waals surface area contributed by atoms with Crippen LogP contribution in [-0.4, -0.2) is 179 Å². The lowest BCUT2D eigenvalue weighted by Crippen LogP contribution is -2.60. The molecule has 490 valence electrons. The zero-order valence-electron chi connectivity index (χ0n) is 52.3. The van der Waals surface area contributed by atoms with E-state index in [-0.39, 0.29) is 75.1 Å². The molecule has 89 heavy (non-hydrogen) atoms. The third-order valence-electron chi connectivity index (χ3n) is 14.7. The van der Waals surface area contributed by atoms with Gasteiger partial charge in [0, 0.05) is 54.6 Å². The molecule has 27 heteroatoms. The van der Waals surface area contributed by atoms with Crippen molar-refractivity contribution in [2.75, 3.05) is 39.5 Å². The van der Waals surface area contributed by atoms with Crippen molar-refractivity contribution in [3.8, 4) is 0 Å². The molecule has 0 radical (unpaired) electrons. The summed E-state index contributed by atoms with van der Waals surface area (Å²) in [5.74, 6) is -10.0. The van der Waals surface area contributed by atoms with Gasteiger partial charge in [-0.05, 0) is 94.0 Å². The van der Waals surface area contributed by atoms with Crippen LogP contribution in [0.2, 0.25) is 0 Å². The highest BCUT2D eigenvalue weighted by Gasteiger charge is 2.38. The zero-order valence-corrected chi connectivity index (χ0v) is 53.2. The van der Waals surface area contributed by atoms with Gasteiger partial charge in [0.1, 0.15) is 54.9 Å². The number of rotatable bonds is 39. The van der Waals surface area contributed by atoms with Gasteiger partial charge in [0.15, 0.2) is 0 Å². The maximum atomic E-state index is 14.9. The van der Waals surface area contributed by atoms with Crippen LogP contribution >= 0.6 is 12.6 Å². The van der Waals surface area contributed by atoms with E-state index in [0.29, 0.717) is 34.9 Å². The highest BCUT2D eigenvalue weighted by Crippen LogP contribution is 2.29. The van der Waals surface area contributed by atoms with E-state index < -0.39 is 138 Å². The fraction of sp³-hybridized carbons (Fsp3) is 0.581. The molecule has 10 amide bonds. The maximum absolute atomic E-state index is 14.9. The number of benzene rings is 2. The lowest BCUT2D eigenvalue weighted by atomic mass is 9.86. The average molecular weight is 1260 g/mol. The number of nitrogens with one attached hydrogen (secondary N) is 11. The smallest absolute Gasteiger partial charge is 0.322 e. The molecule has 1 heterocycles. The Morgan fingerprint density at radius 2 is 1.12 bits per heavy atom. The van der Waals surface area contributed by atoms with Gasteiger partial charge >= 0.3 is 11.9 Å². The second-order valence-corrected chi connectivity index (χ2v) is 24.7. The van der Waals surface area contributed by atoms with Crippen LogP contribution in [0.15, 0.2) is 60.8 Å². The number of hydrogen-bond donors (Lipinski definition) is 14. The second kappa shape index (κ2) is 36.4. The molecule has 1 aromatic heterocycles. The monoisotopic (exact) mass is 1260 g/mol. The van der Waals surface area contributed by atoms with E-state index in [1.807, 2.05) is 20.8 Å². The van der Waals surface area contributed by atoms with Gasteiger partial charge in [0.25, 0.3) is 0 Å². The Hall–Kier alpha value is -8.07. The quantitative estimate of drug-likeness (QED) is 0.0283. The fourth-order valence-corrected chi connectivity index (χ4v) is 9.94. The number of carboxylic acid groups (broad SMARTS) is 2. The Balaban J connectivity index is 1.59. The molecule has 0 aliphatic heterocycles. The van der Waals surface area contributed by atoms with Crippen LogP contribution in [0.1, 0.15) is 123 Å². The largest absolute Gasteiger partial charge is 0.481 e. The van der Waals surface area contributed by atoms with Gasteiger partial charge in [0.2, 0.25) is 59.1 Å². The number of likely N-dealkylation sites (N-methyl/N-ethyl adjacent to an activating group) is 1. The van der Waals surface area contributed by atoms with Gasteiger partial charge in [-0.3, -0.25) is 57.5 Å². The number of aromatic amines is 1. The van der Waals surface area contributed by atoms with Crippen LogP contribution in [0.4, 0.5) is 0 Å². The highest BCUT2D eigenvalue weighted by molar-refractivity contribution is 7.80. The third kappa shape index (κ3) is 25.9. The molecular weight excluding hydrogens is 1170 g/mol. The predicted molar refractivity (Wildman–Crippen MR) is 336 cm³/mol. The Morgan fingerprint density at radius 1 is 0.596 bits per heavy atom. The van der Waals surface area contributed by atoms with Crippen LogP contribution in [0.5, 0.6) is 0 Å². The van der Waals surface area contributed by atoms with Gasteiger partial charge in [-0.2, -0.15) is 12.6 Å². The maximum Gasteiger partial charge on any atom is 0.322 e. The minimum absolute atomic E-state index is 0.00518. The van der Waals surface area contributed by atoms with Crippen LogP contribution in [0, 0.1) is 17.3 Å². The molecule has 0 bridgehead atoms. The first-order chi connectivity index (χ1) is 42.1. The molecule has 1 aliphatic carbocycles. The van der Waals surface area contributed by atoms with Crippen LogP contribution in [-0.2, 0) is 70.4 Å². The van der Waals surface area contributed by atoms with E-state index in [1.165, 1.54) is 0 Å². The van der Waals surface area contributed by atoms with E-state index in [1.54, 1.807) is 101 Å². The average Bonchev–Trinajstić information content (AvgIpc) is 2.29. The van der Waals surface area contributed by atoms with Crippen molar-refractivity contribution in [2.45, 2.75) is 173 Å². The molecule has 1 aliphatic rings. The lowest BCUT2D eigenvalue weighted by molar-refractivity contribution is -0.139. The first-order valence-corrected chi connectivity index (χ1v) is 31.0. The number of carboxylic acids is 2. The van der Waals surface area contributed by atoms with Crippen molar-refractivity contribution in [1.29, 1.82) is 0 Å². The van der Waals surface area contributed by atoms with Crippen molar-refractivity contribution in [3.05, 3.63) is 71.9 Å². The lowest BCUT2D eigenvalue weighted by Gasteiger charge is -2.32. The van der Waals surface area contributed by atoms with Crippen molar-refractivity contribution < 1.29 is 67.7 Å². The summed E-state index contributed by atoms with van der Waals surface area (Å²) in [7, 11) is 3.40. The van der Waals surface area contributed by atoms with Crippen molar-refractivity contribution in [3.63, 3.8) is 0 Å². The van der Waals surface area contributed by atoms with Gasteiger partial charge in [-0.15, -0.1) is 0 Å².